The summed E-state index contributed by atoms with van der Waals surface area (Å²) in [7, 11) is 1.50. The number of aromatic nitrogens is 1. The van der Waals surface area contributed by atoms with Crippen LogP contribution in [0.15, 0.2) is 30.5 Å². The fraction of sp³-hybridized carbons (Fsp3) is 0.500. The molecule has 0 spiro atoms. The number of nitrogens with zero attached hydrogens (tertiary/aromatic N) is 4. The second-order valence-corrected chi connectivity index (χ2v) is 9.14. The first-order chi connectivity index (χ1) is 16.7. The summed E-state index contributed by atoms with van der Waals surface area (Å²) in [5.74, 6) is 2.31. The lowest BCUT2D eigenvalue weighted by molar-refractivity contribution is -0.135. The van der Waals surface area contributed by atoms with Gasteiger partial charge in [0.2, 0.25) is 11.8 Å². The Bertz CT molecular complexity index is 1090. The molecule has 3 heterocycles. The summed E-state index contributed by atoms with van der Waals surface area (Å²) in [6.45, 7) is 2.56. The van der Waals surface area contributed by atoms with Gasteiger partial charge >= 0.3 is 0 Å². The monoisotopic (exact) mass is 462 g/mol. The van der Waals surface area contributed by atoms with Gasteiger partial charge in [0.05, 0.1) is 37.8 Å². The average Bonchev–Trinajstić information content (AvgIpc) is 3.36. The molecule has 0 N–H and O–H groups in total. The first kappa shape index (κ1) is 22.3. The van der Waals surface area contributed by atoms with E-state index in [1.54, 1.807) is 12.3 Å². The van der Waals surface area contributed by atoms with Crippen LogP contribution in [-0.4, -0.2) is 55.2 Å². The van der Waals surface area contributed by atoms with Gasteiger partial charge in [-0.2, -0.15) is 5.26 Å². The Morgan fingerprint density at radius 1 is 1.18 bits per heavy atom. The average molecular weight is 463 g/mol. The lowest BCUT2D eigenvalue weighted by atomic mass is 9.88. The molecule has 1 aliphatic carbocycles. The lowest BCUT2D eigenvalue weighted by Gasteiger charge is -2.31. The van der Waals surface area contributed by atoms with E-state index >= 15 is 0 Å². The summed E-state index contributed by atoms with van der Waals surface area (Å²) in [4.78, 5) is 21.2. The molecular formula is C26H30N4O4. The van der Waals surface area contributed by atoms with Gasteiger partial charge in [-0.1, -0.05) is 19.3 Å². The Morgan fingerprint density at radius 3 is 2.82 bits per heavy atom. The number of carbonyl (C=O) groups is 1. The Morgan fingerprint density at radius 2 is 2.03 bits per heavy atom. The van der Waals surface area contributed by atoms with Gasteiger partial charge in [-0.15, -0.1) is 0 Å². The molecule has 1 amide bonds. The first-order valence-electron chi connectivity index (χ1n) is 12.1. The van der Waals surface area contributed by atoms with E-state index in [0.29, 0.717) is 37.0 Å². The second kappa shape index (κ2) is 9.80. The highest BCUT2D eigenvalue weighted by molar-refractivity contribution is 5.79. The normalized spacial score (nSPS) is 20.3. The van der Waals surface area contributed by atoms with Crippen molar-refractivity contribution in [3.63, 3.8) is 0 Å². The van der Waals surface area contributed by atoms with Crippen molar-refractivity contribution in [2.45, 2.75) is 44.6 Å². The topological polar surface area (TPSA) is 87.9 Å². The summed E-state index contributed by atoms with van der Waals surface area (Å²) in [5, 5.41) is 9.45. The summed E-state index contributed by atoms with van der Waals surface area (Å²) in [5.41, 5.74) is 2.05. The highest BCUT2D eigenvalue weighted by Gasteiger charge is 2.32. The zero-order valence-electron chi connectivity index (χ0n) is 19.5. The number of carbonyl (C=O) groups excluding carboxylic acids is 1. The summed E-state index contributed by atoms with van der Waals surface area (Å²) in [6, 6.07) is 9.72. The second-order valence-electron chi connectivity index (χ2n) is 9.14. The van der Waals surface area contributed by atoms with Crippen molar-refractivity contribution >= 4 is 17.3 Å². The molecule has 1 saturated carbocycles. The molecule has 8 heteroatoms. The number of benzene rings is 1. The third kappa shape index (κ3) is 4.47. The predicted molar refractivity (Wildman–Crippen MR) is 127 cm³/mol. The van der Waals surface area contributed by atoms with E-state index in [1.165, 1.54) is 13.5 Å². The predicted octanol–water partition coefficient (Wildman–Crippen LogP) is 4.05. The van der Waals surface area contributed by atoms with Crippen molar-refractivity contribution in [3.8, 4) is 23.4 Å². The lowest BCUT2D eigenvalue weighted by Crippen LogP contribution is -2.36. The SMILES string of the molecule is COc1ncc(N2CCOc3ccc(OC4CCN(C(=O)C5CCCCC5)C4)cc32)cc1C#N. The van der Waals surface area contributed by atoms with Crippen molar-refractivity contribution in [3.05, 3.63) is 36.0 Å². The third-order valence-corrected chi connectivity index (χ3v) is 6.97. The maximum atomic E-state index is 12.9. The minimum Gasteiger partial charge on any atom is -0.490 e. The minimum absolute atomic E-state index is 0.0172. The van der Waals surface area contributed by atoms with Crippen LogP contribution in [0.3, 0.4) is 0 Å². The van der Waals surface area contributed by atoms with Crippen LogP contribution < -0.4 is 19.1 Å². The molecule has 5 rings (SSSR count). The number of likely N-dealkylation sites (tertiary alicyclic amines) is 1. The number of rotatable bonds is 5. The summed E-state index contributed by atoms with van der Waals surface area (Å²) < 4.78 is 17.3. The van der Waals surface area contributed by atoms with Crippen LogP contribution in [0.1, 0.15) is 44.1 Å². The number of fused-ring (bicyclic) bond motifs is 1. The largest absolute Gasteiger partial charge is 0.490 e. The molecule has 2 aliphatic heterocycles. The molecule has 1 aromatic heterocycles. The zero-order chi connectivity index (χ0) is 23.5. The molecule has 8 nitrogen and oxygen atoms in total. The van der Waals surface area contributed by atoms with Gasteiger partial charge in [-0.05, 0) is 31.0 Å². The van der Waals surface area contributed by atoms with Crippen LogP contribution >= 0.6 is 0 Å². The third-order valence-electron chi connectivity index (χ3n) is 6.97. The highest BCUT2D eigenvalue weighted by Crippen LogP contribution is 2.40. The number of hydrogen-bond acceptors (Lipinski definition) is 7. The van der Waals surface area contributed by atoms with Gasteiger partial charge in [-0.25, -0.2) is 4.98 Å². The standard InChI is InChI=1S/C26H30N4O4/c1-32-25-19(15-27)13-20(16-28-25)30-11-12-33-24-8-7-21(14-23(24)30)34-22-9-10-29(17-22)26(31)18-5-3-2-4-6-18/h7-8,13-14,16,18,22H,2-6,9-12,17H2,1H3. The summed E-state index contributed by atoms with van der Waals surface area (Å²) >= 11 is 0. The van der Waals surface area contributed by atoms with E-state index in [0.717, 1.165) is 61.5 Å². The summed E-state index contributed by atoms with van der Waals surface area (Å²) in [6.07, 6.45) is 8.15. The van der Waals surface area contributed by atoms with Crippen LogP contribution in [0.25, 0.3) is 0 Å². The molecule has 1 aromatic carbocycles. The van der Waals surface area contributed by atoms with E-state index in [9.17, 15) is 10.1 Å². The van der Waals surface area contributed by atoms with Gasteiger partial charge < -0.3 is 24.0 Å². The van der Waals surface area contributed by atoms with Crippen LogP contribution in [0.5, 0.6) is 17.4 Å². The number of nitriles is 1. The Hall–Kier alpha value is -3.47. The van der Waals surface area contributed by atoms with Gasteiger partial charge in [-0.3, -0.25) is 4.79 Å². The molecule has 1 saturated heterocycles. The number of methoxy groups -OCH3 is 1. The number of anilines is 2. The molecule has 2 aromatic rings. The first-order valence-corrected chi connectivity index (χ1v) is 12.1. The number of amides is 1. The van der Waals surface area contributed by atoms with Gasteiger partial charge in [0.15, 0.2) is 0 Å². The van der Waals surface area contributed by atoms with E-state index in [-0.39, 0.29) is 12.0 Å². The molecule has 1 unspecified atom stereocenters. The van der Waals surface area contributed by atoms with Gasteiger partial charge in [0.1, 0.15) is 35.8 Å². The molecule has 0 bridgehead atoms. The minimum atomic E-state index is -0.0172. The van der Waals surface area contributed by atoms with Crippen molar-refractivity contribution < 1.29 is 19.0 Å². The van der Waals surface area contributed by atoms with Crippen molar-refractivity contribution in [1.29, 1.82) is 5.26 Å². The van der Waals surface area contributed by atoms with E-state index in [4.69, 9.17) is 14.2 Å². The van der Waals surface area contributed by atoms with Crippen molar-refractivity contribution in [2.24, 2.45) is 5.92 Å². The van der Waals surface area contributed by atoms with E-state index < -0.39 is 0 Å². The molecule has 3 aliphatic rings. The van der Waals surface area contributed by atoms with Crippen molar-refractivity contribution in [2.75, 3.05) is 38.3 Å². The highest BCUT2D eigenvalue weighted by atomic mass is 16.5. The fourth-order valence-electron chi connectivity index (χ4n) is 5.20. The maximum Gasteiger partial charge on any atom is 0.231 e. The maximum absolute atomic E-state index is 12.9. The quantitative estimate of drug-likeness (QED) is 0.662. The van der Waals surface area contributed by atoms with Crippen LogP contribution in [0.4, 0.5) is 11.4 Å². The smallest absolute Gasteiger partial charge is 0.231 e. The van der Waals surface area contributed by atoms with E-state index in [2.05, 4.69) is 16.0 Å². The fourth-order valence-corrected chi connectivity index (χ4v) is 5.20. The molecule has 178 valence electrons. The molecule has 2 fully saturated rings. The van der Waals surface area contributed by atoms with Crippen LogP contribution in [-0.2, 0) is 4.79 Å². The molecule has 34 heavy (non-hydrogen) atoms. The van der Waals surface area contributed by atoms with Crippen molar-refractivity contribution in [1.82, 2.24) is 9.88 Å². The van der Waals surface area contributed by atoms with Crippen LogP contribution in [0.2, 0.25) is 0 Å². The Kier molecular flexibility index (Phi) is 6.43. The Balaban J connectivity index is 1.30. The molecule has 1 atom stereocenters. The van der Waals surface area contributed by atoms with E-state index in [1.807, 2.05) is 23.1 Å². The molecule has 0 radical (unpaired) electrons. The number of ether oxygens (including phenoxy) is 3. The zero-order valence-corrected chi connectivity index (χ0v) is 19.5. The van der Waals surface area contributed by atoms with Gasteiger partial charge in [0, 0.05) is 24.9 Å². The van der Waals surface area contributed by atoms with Gasteiger partial charge in [0.25, 0.3) is 0 Å². The number of pyridine rings is 1. The number of hydrogen-bond donors (Lipinski definition) is 0. The van der Waals surface area contributed by atoms with Crippen LogP contribution in [0, 0.1) is 17.2 Å². The Labute approximate surface area is 200 Å². The molecular weight excluding hydrogens is 432 g/mol.